The molecule has 9 nitrogen and oxygen atoms in total. The molecule has 2 fully saturated rings. The third-order valence-electron chi connectivity index (χ3n) is 6.20. The van der Waals surface area contributed by atoms with E-state index in [1.165, 1.54) is 11.9 Å². The molecule has 28 heavy (non-hydrogen) atoms. The number of carbonyl (C=O) groups is 3. The SMILES string of the molecule is CC(C)c1nc2c(c(N3CCC4(CC3)C(=O)N(C)C(=O)N4C)n1)CCNC2=O. The van der Waals surface area contributed by atoms with E-state index in [9.17, 15) is 14.4 Å². The second-order valence-electron chi connectivity index (χ2n) is 8.12. The molecule has 9 heteroatoms. The summed E-state index contributed by atoms with van der Waals surface area (Å²) in [6.07, 6.45) is 1.78. The predicted octanol–water partition coefficient (Wildman–Crippen LogP) is 0.749. The highest BCUT2D eigenvalue weighted by Crippen LogP contribution is 2.37. The van der Waals surface area contributed by atoms with E-state index in [0.29, 0.717) is 50.4 Å². The minimum atomic E-state index is -0.770. The first-order valence-electron chi connectivity index (χ1n) is 9.76. The maximum absolute atomic E-state index is 12.7. The Bertz CT molecular complexity index is 859. The Morgan fingerprint density at radius 3 is 2.32 bits per heavy atom. The van der Waals surface area contributed by atoms with Crippen molar-refractivity contribution in [1.29, 1.82) is 0 Å². The van der Waals surface area contributed by atoms with Crippen molar-refractivity contribution in [3.8, 4) is 0 Å². The van der Waals surface area contributed by atoms with Crippen LogP contribution in [-0.2, 0) is 11.2 Å². The number of hydrogen-bond acceptors (Lipinski definition) is 6. The van der Waals surface area contributed by atoms with Gasteiger partial charge in [-0.15, -0.1) is 0 Å². The molecule has 1 spiro atoms. The van der Waals surface area contributed by atoms with Crippen LogP contribution >= 0.6 is 0 Å². The molecule has 0 atom stereocenters. The lowest BCUT2D eigenvalue weighted by atomic mass is 9.86. The van der Waals surface area contributed by atoms with Crippen molar-refractivity contribution in [2.45, 2.75) is 44.6 Å². The number of nitrogens with zero attached hydrogens (tertiary/aromatic N) is 5. The van der Waals surface area contributed by atoms with Crippen molar-refractivity contribution in [3.05, 3.63) is 17.1 Å². The first kappa shape index (κ1) is 18.6. The standard InChI is InChI=1S/C19H26N6O3/c1-11(2)14-21-13-12(5-8-20-16(13)26)15(22-14)25-9-6-19(7-10-25)17(27)23(3)18(28)24(19)4/h11H,5-10H2,1-4H3,(H,20,26). The number of amides is 4. The van der Waals surface area contributed by atoms with E-state index in [0.717, 1.165) is 11.4 Å². The summed E-state index contributed by atoms with van der Waals surface area (Å²) in [6.45, 7) is 5.78. The third-order valence-corrected chi connectivity index (χ3v) is 6.20. The summed E-state index contributed by atoms with van der Waals surface area (Å²) in [5.41, 5.74) is 0.570. The van der Waals surface area contributed by atoms with E-state index in [1.54, 1.807) is 11.9 Å². The fraction of sp³-hybridized carbons (Fsp3) is 0.632. The Labute approximate surface area is 164 Å². The lowest BCUT2D eigenvalue weighted by molar-refractivity contribution is -0.133. The van der Waals surface area contributed by atoms with Gasteiger partial charge in [0.15, 0.2) is 0 Å². The van der Waals surface area contributed by atoms with E-state index in [2.05, 4.69) is 15.2 Å². The van der Waals surface area contributed by atoms with Crippen LogP contribution in [0.1, 0.15) is 54.5 Å². The first-order valence-corrected chi connectivity index (χ1v) is 9.76. The Kier molecular flexibility index (Phi) is 4.28. The average Bonchev–Trinajstić information content (AvgIpc) is 2.84. The molecule has 150 valence electrons. The molecule has 0 aliphatic carbocycles. The average molecular weight is 386 g/mol. The topological polar surface area (TPSA) is 98.7 Å². The summed E-state index contributed by atoms with van der Waals surface area (Å²) < 4.78 is 0. The lowest BCUT2D eigenvalue weighted by Crippen LogP contribution is -2.55. The summed E-state index contributed by atoms with van der Waals surface area (Å²) in [6, 6.07) is -0.253. The molecular weight excluding hydrogens is 360 g/mol. The molecule has 0 unspecified atom stereocenters. The summed E-state index contributed by atoms with van der Waals surface area (Å²) in [5, 5.41) is 2.85. The minimum Gasteiger partial charge on any atom is -0.356 e. The van der Waals surface area contributed by atoms with Crippen molar-refractivity contribution in [2.75, 3.05) is 38.6 Å². The Hall–Kier alpha value is -2.71. The summed E-state index contributed by atoms with van der Waals surface area (Å²) >= 11 is 0. The van der Waals surface area contributed by atoms with Crippen molar-refractivity contribution in [3.63, 3.8) is 0 Å². The zero-order valence-corrected chi connectivity index (χ0v) is 16.8. The van der Waals surface area contributed by atoms with E-state index in [1.807, 2.05) is 13.8 Å². The number of aromatic nitrogens is 2. The molecule has 4 heterocycles. The van der Waals surface area contributed by atoms with Gasteiger partial charge in [-0.25, -0.2) is 14.8 Å². The molecule has 2 saturated heterocycles. The summed E-state index contributed by atoms with van der Waals surface area (Å²) in [7, 11) is 3.24. The number of urea groups is 1. The van der Waals surface area contributed by atoms with Crippen molar-refractivity contribution >= 4 is 23.7 Å². The monoisotopic (exact) mass is 386 g/mol. The fourth-order valence-corrected chi connectivity index (χ4v) is 4.40. The number of rotatable bonds is 2. The summed E-state index contributed by atoms with van der Waals surface area (Å²) in [4.78, 5) is 51.5. The molecule has 0 aromatic carbocycles. The van der Waals surface area contributed by atoms with Gasteiger partial charge in [0.2, 0.25) is 0 Å². The second kappa shape index (κ2) is 6.42. The molecule has 1 N–H and O–H groups in total. The number of imide groups is 1. The molecule has 0 radical (unpaired) electrons. The molecule has 3 aliphatic heterocycles. The van der Waals surface area contributed by atoms with E-state index in [4.69, 9.17) is 4.98 Å². The zero-order chi connectivity index (χ0) is 20.2. The number of fused-ring (bicyclic) bond motifs is 1. The zero-order valence-electron chi connectivity index (χ0n) is 16.8. The van der Waals surface area contributed by atoms with Crippen LogP contribution in [0.25, 0.3) is 0 Å². The van der Waals surface area contributed by atoms with Crippen LogP contribution in [0.5, 0.6) is 0 Å². The van der Waals surface area contributed by atoms with Gasteiger partial charge in [0.1, 0.15) is 22.9 Å². The van der Waals surface area contributed by atoms with E-state index in [-0.39, 0.29) is 23.8 Å². The predicted molar refractivity (Wildman–Crippen MR) is 102 cm³/mol. The maximum Gasteiger partial charge on any atom is 0.327 e. The number of anilines is 1. The van der Waals surface area contributed by atoms with Gasteiger partial charge in [-0.2, -0.15) is 0 Å². The Morgan fingerprint density at radius 1 is 1.07 bits per heavy atom. The molecule has 0 bridgehead atoms. The number of likely N-dealkylation sites (N-methyl/N-ethyl adjacent to an activating group) is 2. The normalized spacial score (nSPS) is 21.6. The number of carbonyl (C=O) groups excluding carboxylic acids is 3. The van der Waals surface area contributed by atoms with Crippen molar-refractivity contribution in [2.24, 2.45) is 0 Å². The van der Waals surface area contributed by atoms with Crippen LogP contribution in [0.3, 0.4) is 0 Å². The molecule has 3 aliphatic rings. The maximum atomic E-state index is 12.7. The molecule has 1 aromatic rings. The molecule has 1 aromatic heterocycles. The highest BCUT2D eigenvalue weighted by molar-refractivity contribution is 6.06. The molecule has 0 saturated carbocycles. The van der Waals surface area contributed by atoms with Crippen LogP contribution < -0.4 is 10.2 Å². The van der Waals surface area contributed by atoms with E-state index >= 15 is 0 Å². The van der Waals surface area contributed by atoms with Gasteiger partial charge < -0.3 is 15.1 Å². The Balaban J connectivity index is 1.66. The Morgan fingerprint density at radius 2 is 1.75 bits per heavy atom. The van der Waals surface area contributed by atoms with Crippen molar-refractivity contribution < 1.29 is 14.4 Å². The van der Waals surface area contributed by atoms with Gasteiger partial charge in [0.25, 0.3) is 11.8 Å². The quantitative estimate of drug-likeness (QED) is 0.753. The van der Waals surface area contributed by atoms with Gasteiger partial charge in [-0.3, -0.25) is 14.5 Å². The van der Waals surface area contributed by atoms with E-state index < -0.39 is 5.54 Å². The van der Waals surface area contributed by atoms with Crippen LogP contribution in [0.4, 0.5) is 10.6 Å². The number of piperidine rings is 1. The fourth-order valence-electron chi connectivity index (χ4n) is 4.40. The molecule has 4 amide bonds. The molecule has 4 rings (SSSR count). The number of nitrogens with one attached hydrogen (secondary N) is 1. The van der Waals surface area contributed by atoms with Gasteiger partial charge in [0.05, 0.1) is 0 Å². The number of hydrogen-bond donors (Lipinski definition) is 1. The lowest BCUT2D eigenvalue weighted by Gasteiger charge is -2.42. The molecular formula is C19H26N6O3. The van der Waals surface area contributed by atoms with Crippen LogP contribution in [0.15, 0.2) is 0 Å². The van der Waals surface area contributed by atoms with Crippen LogP contribution in [-0.4, -0.2) is 76.9 Å². The van der Waals surface area contributed by atoms with Crippen LogP contribution in [0.2, 0.25) is 0 Å². The van der Waals surface area contributed by atoms with Crippen molar-refractivity contribution in [1.82, 2.24) is 25.1 Å². The van der Waals surface area contributed by atoms with Gasteiger partial charge in [-0.1, -0.05) is 13.8 Å². The second-order valence-corrected chi connectivity index (χ2v) is 8.12. The van der Waals surface area contributed by atoms with Gasteiger partial charge >= 0.3 is 6.03 Å². The summed E-state index contributed by atoms with van der Waals surface area (Å²) in [5.74, 6) is 1.26. The van der Waals surface area contributed by atoms with Gasteiger partial charge in [0, 0.05) is 45.2 Å². The first-order chi connectivity index (χ1) is 13.3. The largest absolute Gasteiger partial charge is 0.356 e. The van der Waals surface area contributed by atoms with Crippen LogP contribution in [0, 0.1) is 0 Å². The smallest absolute Gasteiger partial charge is 0.327 e. The minimum absolute atomic E-state index is 0.101. The third kappa shape index (κ3) is 2.56. The van der Waals surface area contributed by atoms with Gasteiger partial charge in [-0.05, 0) is 19.3 Å². The highest BCUT2D eigenvalue weighted by atomic mass is 16.2. The highest BCUT2D eigenvalue weighted by Gasteiger charge is 2.55.